The van der Waals surface area contributed by atoms with Gasteiger partial charge in [-0.15, -0.1) is 0 Å². The first-order chi connectivity index (χ1) is 12.3. The number of aromatic nitrogens is 3. The van der Waals surface area contributed by atoms with Gasteiger partial charge in [-0.05, 0) is 62.6 Å². The lowest BCUT2D eigenvalue weighted by Gasteiger charge is -2.17. The molecule has 0 bridgehead atoms. The molecular formula is C20H25N5O. The van der Waals surface area contributed by atoms with Crippen LogP contribution in [0.4, 0.5) is 4.79 Å². The topological polar surface area (TPSA) is 73.9 Å². The molecule has 136 valence electrons. The minimum atomic E-state index is -0.153. The van der Waals surface area contributed by atoms with Gasteiger partial charge >= 0.3 is 6.03 Å². The minimum Gasteiger partial charge on any atom is -0.340 e. The fraction of sp³-hybridized carbons (Fsp3) is 0.350. The number of imidazole rings is 1. The van der Waals surface area contributed by atoms with E-state index in [0.717, 1.165) is 39.4 Å². The summed E-state index contributed by atoms with van der Waals surface area (Å²) in [5, 5.41) is 2.91. The van der Waals surface area contributed by atoms with E-state index in [0.29, 0.717) is 13.1 Å². The zero-order valence-electron chi connectivity index (χ0n) is 16.0. The summed E-state index contributed by atoms with van der Waals surface area (Å²) in [5.41, 5.74) is 7.31. The number of aryl methyl sites for hydroxylation is 4. The van der Waals surface area contributed by atoms with Gasteiger partial charge in [-0.2, -0.15) is 0 Å². The fourth-order valence-corrected chi connectivity index (χ4v) is 3.06. The second kappa shape index (κ2) is 7.15. The Labute approximate surface area is 153 Å². The lowest BCUT2D eigenvalue weighted by atomic mass is 10.1. The Morgan fingerprint density at radius 3 is 2.65 bits per heavy atom. The van der Waals surface area contributed by atoms with Gasteiger partial charge in [0.2, 0.25) is 0 Å². The Morgan fingerprint density at radius 2 is 1.92 bits per heavy atom. The Kier molecular flexibility index (Phi) is 4.93. The van der Waals surface area contributed by atoms with Crippen LogP contribution < -0.4 is 5.32 Å². The van der Waals surface area contributed by atoms with E-state index in [2.05, 4.69) is 40.2 Å². The molecule has 0 aliphatic carbocycles. The van der Waals surface area contributed by atoms with E-state index in [9.17, 15) is 4.79 Å². The highest BCUT2D eigenvalue weighted by atomic mass is 16.2. The third-order valence-corrected chi connectivity index (χ3v) is 4.53. The van der Waals surface area contributed by atoms with Gasteiger partial charge in [0.1, 0.15) is 5.82 Å². The van der Waals surface area contributed by atoms with Crippen molar-refractivity contribution in [2.45, 2.75) is 40.8 Å². The van der Waals surface area contributed by atoms with Gasteiger partial charge in [-0.3, -0.25) is 4.98 Å². The predicted octanol–water partition coefficient (Wildman–Crippen LogP) is 3.53. The van der Waals surface area contributed by atoms with Crippen molar-refractivity contribution < 1.29 is 4.79 Å². The average molecular weight is 351 g/mol. The summed E-state index contributed by atoms with van der Waals surface area (Å²) in [4.78, 5) is 26.4. The van der Waals surface area contributed by atoms with Crippen molar-refractivity contribution in [1.82, 2.24) is 25.2 Å². The molecule has 2 N–H and O–H groups in total. The van der Waals surface area contributed by atoms with Crippen molar-refractivity contribution in [2.24, 2.45) is 0 Å². The van der Waals surface area contributed by atoms with Gasteiger partial charge in [-0.25, -0.2) is 9.78 Å². The van der Waals surface area contributed by atoms with Gasteiger partial charge in [0.25, 0.3) is 0 Å². The van der Waals surface area contributed by atoms with Crippen LogP contribution in [0.15, 0.2) is 24.3 Å². The number of nitrogens with one attached hydrogen (secondary N) is 2. The number of hydrogen-bond donors (Lipinski definition) is 2. The van der Waals surface area contributed by atoms with Crippen molar-refractivity contribution in [2.75, 3.05) is 7.05 Å². The number of carbonyl (C=O) groups excluding carboxylic acids is 1. The smallest absolute Gasteiger partial charge is 0.317 e. The fourth-order valence-electron chi connectivity index (χ4n) is 3.06. The van der Waals surface area contributed by atoms with Crippen molar-refractivity contribution in [3.05, 3.63) is 58.2 Å². The SMILES string of the molecule is Cc1cc(C)nc(CN(C)C(=O)NCc2nc3c(C)c(C)ccc3[nH]2)c1. The number of H-pyrrole nitrogens is 1. The first-order valence-corrected chi connectivity index (χ1v) is 8.71. The molecule has 1 aromatic carbocycles. The van der Waals surface area contributed by atoms with Crippen LogP contribution in [0, 0.1) is 27.7 Å². The van der Waals surface area contributed by atoms with Crippen molar-refractivity contribution in [3.63, 3.8) is 0 Å². The van der Waals surface area contributed by atoms with E-state index in [1.54, 1.807) is 11.9 Å². The van der Waals surface area contributed by atoms with Crippen LogP contribution in [0.5, 0.6) is 0 Å². The Hall–Kier alpha value is -2.89. The molecule has 0 saturated carbocycles. The molecule has 2 heterocycles. The third kappa shape index (κ3) is 3.85. The number of hydrogen-bond acceptors (Lipinski definition) is 3. The van der Waals surface area contributed by atoms with Crippen molar-refractivity contribution in [3.8, 4) is 0 Å². The molecule has 3 rings (SSSR count). The third-order valence-electron chi connectivity index (χ3n) is 4.53. The summed E-state index contributed by atoms with van der Waals surface area (Å²) < 4.78 is 0. The second-order valence-electron chi connectivity index (χ2n) is 6.88. The monoisotopic (exact) mass is 351 g/mol. The summed E-state index contributed by atoms with van der Waals surface area (Å²) in [6.07, 6.45) is 0. The van der Waals surface area contributed by atoms with E-state index < -0.39 is 0 Å². The van der Waals surface area contributed by atoms with Crippen LogP contribution >= 0.6 is 0 Å². The number of benzene rings is 1. The van der Waals surface area contributed by atoms with E-state index >= 15 is 0 Å². The van der Waals surface area contributed by atoms with Crippen LogP contribution in [0.2, 0.25) is 0 Å². The van der Waals surface area contributed by atoms with Crippen molar-refractivity contribution in [1.29, 1.82) is 0 Å². The molecule has 6 heteroatoms. The molecule has 0 fully saturated rings. The molecule has 26 heavy (non-hydrogen) atoms. The van der Waals surface area contributed by atoms with E-state index in [-0.39, 0.29) is 6.03 Å². The van der Waals surface area contributed by atoms with E-state index in [1.807, 2.05) is 32.0 Å². The summed E-state index contributed by atoms with van der Waals surface area (Å²) in [6, 6.07) is 7.96. The van der Waals surface area contributed by atoms with Gasteiger partial charge in [0.05, 0.1) is 29.8 Å². The molecule has 0 atom stereocenters. The van der Waals surface area contributed by atoms with Crippen LogP contribution in [0.3, 0.4) is 0 Å². The second-order valence-corrected chi connectivity index (χ2v) is 6.88. The number of fused-ring (bicyclic) bond motifs is 1. The first kappa shape index (κ1) is 17.9. The number of aromatic amines is 1. The highest BCUT2D eigenvalue weighted by Gasteiger charge is 2.12. The molecule has 0 aliphatic rings. The number of amides is 2. The highest BCUT2D eigenvalue weighted by Crippen LogP contribution is 2.19. The number of rotatable bonds is 4. The molecule has 6 nitrogen and oxygen atoms in total. The zero-order chi connectivity index (χ0) is 18.8. The molecule has 2 amide bonds. The Morgan fingerprint density at radius 1 is 1.15 bits per heavy atom. The van der Waals surface area contributed by atoms with Gasteiger partial charge in [0.15, 0.2) is 0 Å². The molecule has 0 spiro atoms. The number of nitrogens with zero attached hydrogens (tertiary/aromatic N) is 3. The quantitative estimate of drug-likeness (QED) is 0.755. The van der Waals surface area contributed by atoms with Crippen LogP contribution in [-0.4, -0.2) is 32.9 Å². The number of carbonyl (C=O) groups is 1. The summed E-state index contributed by atoms with van der Waals surface area (Å²) in [5.74, 6) is 0.750. The van der Waals surface area contributed by atoms with Crippen LogP contribution in [-0.2, 0) is 13.1 Å². The van der Waals surface area contributed by atoms with Gasteiger partial charge < -0.3 is 15.2 Å². The minimum absolute atomic E-state index is 0.153. The molecule has 0 unspecified atom stereocenters. The van der Waals surface area contributed by atoms with E-state index in [1.165, 1.54) is 5.56 Å². The molecule has 2 aromatic heterocycles. The largest absolute Gasteiger partial charge is 0.340 e. The average Bonchev–Trinajstić information content (AvgIpc) is 2.99. The van der Waals surface area contributed by atoms with Crippen LogP contribution in [0.1, 0.15) is 33.9 Å². The number of urea groups is 1. The maximum Gasteiger partial charge on any atom is 0.317 e. The first-order valence-electron chi connectivity index (χ1n) is 8.71. The molecule has 3 aromatic rings. The molecule has 0 aliphatic heterocycles. The maximum atomic E-state index is 12.4. The molecular weight excluding hydrogens is 326 g/mol. The number of pyridine rings is 1. The predicted molar refractivity (Wildman–Crippen MR) is 103 cm³/mol. The van der Waals surface area contributed by atoms with Gasteiger partial charge in [-0.1, -0.05) is 6.07 Å². The maximum absolute atomic E-state index is 12.4. The summed E-state index contributed by atoms with van der Waals surface area (Å²) in [7, 11) is 1.76. The Bertz CT molecular complexity index is 940. The lowest BCUT2D eigenvalue weighted by molar-refractivity contribution is 0.205. The zero-order valence-corrected chi connectivity index (χ0v) is 16.0. The molecule has 0 radical (unpaired) electrons. The van der Waals surface area contributed by atoms with Crippen molar-refractivity contribution >= 4 is 17.1 Å². The Balaban J connectivity index is 1.63. The van der Waals surface area contributed by atoms with E-state index in [4.69, 9.17) is 0 Å². The highest BCUT2D eigenvalue weighted by molar-refractivity contribution is 5.80. The standard InChI is InChI=1S/C20H25N5O/c1-12-8-14(3)22-16(9-12)11-25(5)20(26)21-10-18-23-17-7-6-13(2)15(4)19(17)24-18/h6-9H,10-11H2,1-5H3,(H,21,26)(H,23,24). The molecule has 0 saturated heterocycles. The summed E-state index contributed by atoms with van der Waals surface area (Å²) >= 11 is 0. The summed E-state index contributed by atoms with van der Waals surface area (Å²) in [6.45, 7) is 8.95. The lowest BCUT2D eigenvalue weighted by Crippen LogP contribution is -2.36. The van der Waals surface area contributed by atoms with Crippen LogP contribution in [0.25, 0.3) is 11.0 Å². The van der Waals surface area contributed by atoms with Gasteiger partial charge in [0, 0.05) is 12.7 Å². The normalized spacial score (nSPS) is 11.0.